The minimum atomic E-state index is 0. The van der Waals surface area contributed by atoms with Gasteiger partial charge in [0.15, 0.2) is 0 Å². The van der Waals surface area contributed by atoms with E-state index < -0.39 is 0 Å². The van der Waals surface area contributed by atoms with Gasteiger partial charge in [-0.3, -0.25) is 0 Å². The van der Waals surface area contributed by atoms with Gasteiger partial charge in [0.2, 0.25) is 0 Å². The van der Waals surface area contributed by atoms with E-state index >= 15 is 0 Å². The second-order valence-electron chi connectivity index (χ2n) is 0. The molecule has 0 nitrogen and oxygen atoms in total. The number of hydrogen-bond donors (Lipinski definition) is 0. The normalized spacial score (nSPS) is 0. The summed E-state index contributed by atoms with van der Waals surface area (Å²) in [5.74, 6) is 0. The van der Waals surface area contributed by atoms with Gasteiger partial charge in [0.05, 0.1) is 0 Å². The van der Waals surface area contributed by atoms with Crippen LogP contribution in [0.2, 0.25) is 0 Å². The van der Waals surface area contributed by atoms with Crippen molar-refractivity contribution < 1.29 is 87.7 Å². The molecule has 0 aliphatic rings. The van der Waals surface area contributed by atoms with Crippen molar-refractivity contribution in [2.24, 2.45) is 0 Å². The Morgan fingerprint density at radius 2 is 1.00 bits per heavy atom. The van der Waals surface area contributed by atoms with Crippen LogP contribution in [0.5, 0.6) is 0 Å². The molecule has 4 radical (unpaired) electrons. The van der Waals surface area contributed by atoms with Crippen LogP contribution in [-0.2, 0) is 67.4 Å². The molecule has 0 N–H and O–H groups in total. The maximum Gasteiger partial charge on any atom is 1.00 e. The summed E-state index contributed by atoms with van der Waals surface area (Å²) < 4.78 is 0. The van der Waals surface area contributed by atoms with Crippen molar-refractivity contribution in [1.82, 2.24) is 0 Å². The van der Waals surface area contributed by atoms with Gasteiger partial charge in [-0.1, -0.05) is 0 Å². The molecule has 0 aromatic carbocycles. The first-order valence-electron chi connectivity index (χ1n) is 0. The van der Waals surface area contributed by atoms with Crippen LogP contribution in [-0.4, -0.2) is 18.9 Å². The molecule has 0 saturated heterocycles. The summed E-state index contributed by atoms with van der Waals surface area (Å²) in [5.41, 5.74) is 0. The standard InChI is InChI=1S/Co.2Li.2Mn.Ni.H/q;;+1;;;;-1. The monoisotopic (exact) mass is 242 g/mol. The molecule has 0 aromatic rings. The Labute approximate surface area is 105 Å². The van der Waals surface area contributed by atoms with Crippen LogP contribution in [0.4, 0.5) is 0 Å². The van der Waals surface area contributed by atoms with E-state index in [-0.39, 0.29) is 107 Å². The van der Waals surface area contributed by atoms with E-state index in [2.05, 4.69) is 0 Å². The third kappa shape index (κ3) is 26.9. The average molecular weight is 242 g/mol. The SMILES string of the molecule is [Co].[H-].[Li+].[Li].[Mn].[Mn].[Ni]. The molecule has 0 unspecified atom stereocenters. The van der Waals surface area contributed by atoms with Crippen molar-refractivity contribution in [3.63, 3.8) is 0 Å². The van der Waals surface area contributed by atoms with Gasteiger partial charge in [-0.05, 0) is 0 Å². The molecule has 0 spiro atoms. The molecular weight excluding hydrogens is 241 g/mol. The summed E-state index contributed by atoms with van der Waals surface area (Å²) in [6.45, 7) is 0. The largest absolute Gasteiger partial charge is 1.00 e. The Morgan fingerprint density at radius 1 is 1.00 bits per heavy atom. The van der Waals surface area contributed by atoms with Gasteiger partial charge >= 0.3 is 18.9 Å². The van der Waals surface area contributed by atoms with Crippen molar-refractivity contribution in [3.05, 3.63) is 0 Å². The first-order valence-corrected chi connectivity index (χ1v) is 0. The van der Waals surface area contributed by atoms with Crippen molar-refractivity contribution >= 4 is 18.9 Å². The molecule has 0 heterocycles. The summed E-state index contributed by atoms with van der Waals surface area (Å²) >= 11 is 0. The Balaban J connectivity index is 0. The van der Waals surface area contributed by atoms with Gasteiger partial charge < -0.3 is 1.43 Å². The zero-order valence-electron chi connectivity index (χ0n) is 4.41. The van der Waals surface area contributed by atoms with Crippen LogP contribution >= 0.6 is 0 Å². The van der Waals surface area contributed by atoms with E-state index in [1.54, 1.807) is 0 Å². The Hall–Kier alpha value is 3.23. The summed E-state index contributed by atoms with van der Waals surface area (Å²) in [6, 6.07) is 0. The van der Waals surface area contributed by atoms with Gasteiger partial charge in [0.1, 0.15) is 0 Å². The van der Waals surface area contributed by atoms with Gasteiger partial charge in [-0.25, -0.2) is 0 Å². The fourth-order valence-corrected chi connectivity index (χ4v) is 0. The van der Waals surface area contributed by atoms with Crippen molar-refractivity contribution in [2.45, 2.75) is 0 Å². The molecule has 36 valence electrons. The summed E-state index contributed by atoms with van der Waals surface area (Å²) in [4.78, 5) is 0. The summed E-state index contributed by atoms with van der Waals surface area (Å²) in [5, 5.41) is 0. The van der Waals surface area contributed by atoms with Crippen LogP contribution in [0, 0.1) is 0 Å². The Bertz CT molecular complexity index is 15.7. The molecule has 0 rings (SSSR count). The minimum absolute atomic E-state index is 0. The fraction of sp³-hybridized carbons (Fsp3) is 0. The molecule has 0 atom stereocenters. The topological polar surface area (TPSA) is 0 Å². The average Bonchev–Trinajstić information content (AvgIpc) is 0. The first-order chi connectivity index (χ1) is 0. The van der Waals surface area contributed by atoms with Crippen LogP contribution in [0.25, 0.3) is 0 Å². The van der Waals surface area contributed by atoms with Gasteiger partial charge in [0.25, 0.3) is 0 Å². The van der Waals surface area contributed by atoms with Crippen LogP contribution in [0.1, 0.15) is 1.43 Å². The molecular formula is HCoLi2Mn2Ni. The van der Waals surface area contributed by atoms with E-state index in [4.69, 9.17) is 0 Å². The van der Waals surface area contributed by atoms with E-state index in [1.165, 1.54) is 0 Å². The molecule has 0 aliphatic heterocycles. The molecule has 0 bridgehead atoms. The molecule has 0 saturated carbocycles. The third-order valence-corrected chi connectivity index (χ3v) is 0. The van der Waals surface area contributed by atoms with Crippen LogP contribution in [0.15, 0.2) is 0 Å². The number of rotatable bonds is 0. The zero-order valence-corrected chi connectivity index (χ0v) is 7.79. The minimum Gasteiger partial charge on any atom is -1.00 e. The third-order valence-electron chi connectivity index (χ3n) is 0. The summed E-state index contributed by atoms with van der Waals surface area (Å²) in [7, 11) is 0. The molecule has 0 aliphatic carbocycles. The molecule has 0 aromatic heterocycles. The van der Waals surface area contributed by atoms with E-state index in [0.29, 0.717) is 0 Å². The van der Waals surface area contributed by atoms with Crippen molar-refractivity contribution in [1.29, 1.82) is 0 Å². The van der Waals surface area contributed by atoms with Crippen molar-refractivity contribution in [3.8, 4) is 0 Å². The molecule has 6 heavy (non-hydrogen) atoms. The maximum absolute atomic E-state index is 0. The molecule has 0 fully saturated rings. The van der Waals surface area contributed by atoms with Gasteiger partial charge in [0, 0.05) is 86.3 Å². The maximum atomic E-state index is 0. The Kier molecular flexibility index (Phi) is 411. The molecule has 0 amide bonds. The van der Waals surface area contributed by atoms with Crippen LogP contribution in [0.3, 0.4) is 0 Å². The number of hydrogen-bond acceptors (Lipinski definition) is 0. The van der Waals surface area contributed by atoms with E-state index in [0.717, 1.165) is 0 Å². The fourth-order valence-electron chi connectivity index (χ4n) is 0. The second-order valence-corrected chi connectivity index (χ2v) is 0. The molecule has 6 heteroatoms. The van der Waals surface area contributed by atoms with Crippen LogP contribution < -0.4 is 18.9 Å². The second kappa shape index (κ2) is 41.2. The quantitative estimate of drug-likeness (QED) is 0.391. The van der Waals surface area contributed by atoms with E-state index in [9.17, 15) is 0 Å². The Morgan fingerprint density at radius 3 is 1.00 bits per heavy atom. The first kappa shape index (κ1) is 59.9. The smallest absolute Gasteiger partial charge is 1.00 e. The predicted molar refractivity (Wildman–Crippen MR) is 6.87 cm³/mol. The summed E-state index contributed by atoms with van der Waals surface area (Å²) in [6.07, 6.45) is 0. The van der Waals surface area contributed by atoms with Crippen molar-refractivity contribution in [2.75, 3.05) is 0 Å². The van der Waals surface area contributed by atoms with Gasteiger partial charge in [-0.15, -0.1) is 0 Å². The zero-order chi connectivity index (χ0) is 0. The van der Waals surface area contributed by atoms with Gasteiger partial charge in [-0.2, -0.15) is 0 Å². The predicted octanol–water partition coefficient (Wildman–Crippen LogP) is -3.27. The van der Waals surface area contributed by atoms with E-state index in [1.807, 2.05) is 0 Å².